The van der Waals surface area contributed by atoms with Crippen molar-refractivity contribution in [2.75, 3.05) is 6.61 Å². The fourth-order valence-electron chi connectivity index (χ4n) is 4.44. The van der Waals surface area contributed by atoms with Crippen LogP contribution in [0.4, 0.5) is 0 Å². The van der Waals surface area contributed by atoms with Crippen LogP contribution in [0.1, 0.15) is 47.7 Å². The minimum absolute atomic E-state index is 0.0829. The number of aldehydes is 1. The van der Waals surface area contributed by atoms with Crippen LogP contribution >= 0.6 is 0 Å². The Hall–Kier alpha value is -1.69. The first kappa shape index (κ1) is 13.0. The van der Waals surface area contributed by atoms with E-state index in [1.54, 1.807) is 0 Å². The number of carbonyl (C=O) groups is 2. The van der Waals surface area contributed by atoms with Crippen molar-refractivity contribution in [2.24, 2.45) is 5.41 Å². The average Bonchev–Trinajstić information content (AvgIpc) is 2.57. The van der Waals surface area contributed by atoms with Gasteiger partial charge < -0.3 is 14.4 Å². The van der Waals surface area contributed by atoms with Gasteiger partial charge in [0.25, 0.3) is 0 Å². The highest BCUT2D eigenvalue weighted by Crippen LogP contribution is 2.74. The number of aliphatic carboxylic acids is 1. The number of carboxylic acid groups (broad SMARTS) is 1. The van der Waals surface area contributed by atoms with Crippen LogP contribution in [-0.4, -0.2) is 39.6 Å². The van der Waals surface area contributed by atoms with E-state index in [4.69, 9.17) is 4.74 Å². The van der Waals surface area contributed by atoms with E-state index < -0.39 is 11.4 Å². The lowest BCUT2D eigenvalue weighted by molar-refractivity contribution is -0.196. The van der Waals surface area contributed by atoms with Gasteiger partial charge in [-0.25, -0.2) is 4.98 Å². The molecule has 1 N–H and O–H groups in total. The van der Waals surface area contributed by atoms with E-state index >= 15 is 0 Å². The van der Waals surface area contributed by atoms with Crippen molar-refractivity contribution in [3.8, 4) is 0 Å². The summed E-state index contributed by atoms with van der Waals surface area (Å²) in [6.45, 7) is 3.33. The molecule has 6 nitrogen and oxygen atoms in total. The van der Waals surface area contributed by atoms with Gasteiger partial charge in [-0.3, -0.25) is 9.59 Å². The third-order valence-corrected chi connectivity index (χ3v) is 5.44. The van der Waals surface area contributed by atoms with Crippen molar-refractivity contribution in [1.29, 1.82) is 0 Å². The summed E-state index contributed by atoms with van der Waals surface area (Å²) in [6, 6.07) is 0. The summed E-state index contributed by atoms with van der Waals surface area (Å²) >= 11 is 0. The molecule has 0 radical (unpaired) electrons. The molecule has 0 spiro atoms. The first-order chi connectivity index (χ1) is 10.00. The van der Waals surface area contributed by atoms with Crippen molar-refractivity contribution < 1.29 is 19.4 Å². The lowest BCUT2D eigenvalue weighted by atomic mass is 9.34. The van der Waals surface area contributed by atoms with Crippen molar-refractivity contribution in [3.05, 3.63) is 17.2 Å². The number of imidazole rings is 1. The molecule has 2 bridgehead atoms. The molecule has 1 aliphatic heterocycles. The SMILES string of the molecule is Cc1nc(C=O)n(C[C@@H]2CCO2)c1C12CC(C(=O)O)(C1)C2. The highest BCUT2D eigenvalue weighted by Gasteiger charge is 2.73. The van der Waals surface area contributed by atoms with E-state index in [2.05, 4.69) is 4.98 Å². The molecule has 0 amide bonds. The maximum Gasteiger partial charge on any atom is 0.309 e. The molecule has 4 fully saturated rings. The molecule has 1 saturated heterocycles. The number of nitrogens with zero attached hydrogens (tertiary/aromatic N) is 2. The van der Waals surface area contributed by atoms with Gasteiger partial charge in [0.2, 0.25) is 0 Å². The number of carbonyl (C=O) groups excluding carboxylic acids is 1. The second-order valence-electron chi connectivity index (χ2n) is 6.81. The largest absolute Gasteiger partial charge is 0.481 e. The normalized spacial score (nSPS) is 36.3. The van der Waals surface area contributed by atoms with Crippen molar-refractivity contribution in [2.45, 2.75) is 50.7 Å². The molecule has 21 heavy (non-hydrogen) atoms. The van der Waals surface area contributed by atoms with Crippen LogP contribution in [0.5, 0.6) is 0 Å². The van der Waals surface area contributed by atoms with E-state index in [0.29, 0.717) is 31.6 Å². The minimum atomic E-state index is -0.689. The predicted molar refractivity (Wildman–Crippen MR) is 72.3 cm³/mol. The molecule has 4 aliphatic rings. The molecule has 0 unspecified atom stereocenters. The molecule has 5 rings (SSSR count). The summed E-state index contributed by atoms with van der Waals surface area (Å²) in [7, 11) is 0. The quantitative estimate of drug-likeness (QED) is 0.827. The zero-order chi connectivity index (χ0) is 14.8. The molecular formula is C15H18N2O4. The fourth-order valence-corrected chi connectivity index (χ4v) is 4.44. The fraction of sp³-hybridized carbons (Fsp3) is 0.667. The summed E-state index contributed by atoms with van der Waals surface area (Å²) in [5.74, 6) is -0.252. The van der Waals surface area contributed by atoms with Crippen LogP contribution in [0.15, 0.2) is 0 Å². The van der Waals surface area contributed by atoms with Crippen molar-refractivity contribution in [3.63, 3.8) is 0 Å². The zero-order valence-corrected chi connectivity index (χ0v) is 12.0. The number of aromatic nitrogens is 2. The van der Waals surface area contributed by atoms with Crippen molar-refractivity contribution >= 4 is 12.3 Å². The highest BCUT2D eigenvalue weighted by molar-refractivity contribution is 5.81. The molecular weight excluding hydrogens is 272 g/mol. The Kier molecular flexibility index (Phi) is 2.44. The van der Waals surface area contributed by atoms with E-state index in [-0.39, 0.29) is 11.5 Å². The first-order valence-electron chi connectivity index (χ1n) is 7.37. The van der Waals surface area contributed by atoms with Gasteiger partial charge in [0, 0.05) is 17.7 Å². The molecule has 3 saturated carbocycles. The molecule has 112 valence electrons. The number of rotatable bonds is 5. The van der Waals surface area contributed by atoms with Gasteiger partial charge in [0.15, 0.2) is 12.1 Å². The summed E-state index contributed by atoms with van der Waals surface area (Å²) < 4.78 is 7.44. The number of carboxylic acids is 1. The summed E-state index contributed by atoms with van der Waals surface area (Å²) in [4.78, 5) is 26.9. The van der Waals surface area contributed by atoms with Crippen LogP contribution in [0, 0.1) is 12.3 Å². The average molecular weight is 290 g/mol. The molecule has 1 aromatic heterocycles. The Morgan fingerprint density at radius 1 is 1.52 bits per heavy atom. The van der Waals surface area contributed by atoms with Gasteiger partial charge in [-0.05, 0) is 32.6 Å². The third kappa shape index (κ3) is 1.54. The summed E-state index contributed by atoms with van der Waals surface area (Å²) in [6.07, 6.45) is 3.95. The third-order valence-electron chi connectivity index (χ3n) is 5.44. The zero-order valence-electron chi connectivity index (χ0n) is 12.0. The lowest BCUT2D eigenvalue weighted by Crippen LogP contribution is -2.68. The topological polar surface area (TPSA) is 81.4 Å². The van der Waals surface area contributed by atoms with Crippen LogP contribution < -0.4 is 0 Å². The summed E-state index contributed by atoms with van der Waals surface area (Å²) in [5, 5.41) is 9.28. The van der Waals surface area contributed by atoms with Gasteiger partial charge in [0.05, 0.1) is 23.8 Å². The molecule has 0 aromatic carbocycles. The smallest absolute Gasteiger partial charge is 0.309 e. The standard InChI is InChI=1S/C15H18N2O4/c1-9-12(14-6-15(7-14,8-14)13(19)20)17(11(5-18)16-9)4-10-2-3-21-10/h5,10H,2-4,6-8H2,1H3,(H,19,20)/t10-,14?,15?/m0/s1. The van der Waals surface area contributed by atoms with Crippen molar-refractivity contribution in [1.82, 2.24) is 9.55 Å². The van der Waals surface area contributed by atoms with E-state index in [1.807, 2.05) is 11.5 Å². The van der Waals surface area contributed by atoms with Gasteiger partial charge >= 0.3 is 5.97 Å². The van der Waals surface area contributed by atoms with E-state index in [0.717, 1.165) is 30.7 Å². The molecule has 2 heterocycles. The predicted octanol–water partition coefficient (Wildman–Crippen LogP) is 1.30. The van der Waals surface area contributed by atoms with E-state index in [9.17, 15) is 14.7 Å². The molecule has 3 aliphatic carbocycles. The van der Waals surface area contributed by atoms with Gasteiger partial charge in [-0.2, -0.15) is 0 Å². The monoisotopic (exact) mass is 290 g/mol. The Labute approximate surface area is 122 Å². The number of ether oxygens (including phenoxy) is 1. The minimum Gasteiger partial charge on any atom is -0.481 e. The van der Waals surface area contributed by atoms with Gasteiger partial charge in [0.1, 0.15) is 0 Å². The van der Waals surface area contributed by atoms with E-state index in [1.165, 1.54) is 0 Å². The molecule has 6 heteroatoms. The van der Waals surface area contributed by atoms with Gasteiger partial charge in [-0.1, -0.05) is 0 Å². The number of hydrogen-bond acceptors (Lipinski definition) is 4. The van der Waals surface area contributed by atoms with Crippen LogP contribution in [0.2, 0.25) is 0 Å². The maximum atomic E-state index is 11.3. The Bertz CT molecular complexity index is 625. The molecule has 1 aromatic rings. The Balaban J connectivity index is 1.68. The number of hydrogen-bond donors (Lipinski definition) is 1. The second kappa shape index (κ2) is 3.94. The van der Waals surface area contributed by atoms with Gasteiger partial charge in [-0.15, -0.1) is 0 Å². The lowest BCUT2D eigenvalue weighted by Gasteiger charge is -2.68. The Morgan fingerprint density at radius 3 is 2.67 bits per heavy atom. The Morgan fingerprint density at radius 2 is 2.19 bits per heavy atom. The van der Waals surface area contributed by atoms with Crippen LogP contribution in [0.3, 0.4) is 0 Å². The maximum absolute atomic E-state index is 11.3. The first-order valence-corrected chi connectivity index (χ1v) is 7.37. The molecule has 1 atom stereocenters. The van der Waals surface area contributed by atoms with Crippen LogP contribution in [-0.2, 0) is 21.5 Å². The number of aryl methyl sites for hydroxylation is 1. The highest BCUT2D eigenvalue weighted by atomic mass is 16.5. The second-order valence-corrected chi connectivity index (χ2v) is 6.81. The van der Waals surface area contributed by atoms with Crippen LogP contribution in [0.25, 0.3) is 0 Å². The summed E-state index contributed by atoms with van der Waals surface area (Å²) in [5.41, 5.74) is 1.31.